The highest BCUT2D eigenvalue weighted by molar-refractivity contribution is 7.90. The Hall–Kier alpha value is -1.31. The van der Waals surface area contributed by atoms with E-state index in [1.807, 2.05) is 6.07 Å². The summed E-state index contributed by atoms with van der Waals surface area (Å²) in [6, 6.07) is 11.4. The first-order valence-corrected chi connectivity index (χ1v) is 13.9. The van der Waals surface area contributed by atoms with Gasteiger partial charge in [0.05, 0.1) is 10.9 Å². The van der Waals surface area contributed by atoms with Crippen LogP contribution in [0.3, 0.4) is 0 Å². The summed E-state index contributed by atoms with van der Waals surface area (Å²) < 4.78 is 30.1. The average molecular weight is 495 g/mol. The van der Waals surface area contributed by atoms with Crippen LogP contribution in [0.5, 0.6) is 5.75 Å². The van der Waals surface area contributed by atoms with Gasteiger partial charge >= 0.3 is 0 Å². The predicted octanol–water partition coefficient (Wildman–Crippen LogP) is 4.61. The molecule has 2 aliphatic carbocycles. The molecule has 0 N–H and O–H groups in total. The van der Waals surface area contributed by atoms with Crippen molar-refractivity contribution in [1.29, 1.82) is 0 Å². The van der Waals surface area contributed by atoms with E-state index in [9.17, 15) is 8.42 Å². The normalized spacial score (nSPS) is 24.8. The fourth-order valence-corrected chi connectivity index (χ4v) is 6.30. The molecular weight excluding hydrogens is 467 g/mol. The second kappa shape index (κ2) is 8.80. The van der Waals surface area contributed by atoms with Crippen molar-refractivity contribution in [2.24, 2.45) is 0 Å². The van der Waals surface area contributed by atoms with Crippen molar-refractivity contribution in [3.8, 4) is 5.75 Å². The first-order valence-electron chi connectivity index (χ1n) is 11.2. The fraction of sp³-hybridized carbons (Fsp3) is 0.500. The molecule has 1 heterocycles. The minimum Gasteiger partial charge on any atom is -0.484 e. The number of sulfone groups is 1. The predicted molar refractivity (Wildman–Crippen MR) is 128 cm³/mol. The van der Waals surface area contributed by atoms with Gasteiger partial charge in [0.25, 0.3) is 0 Å². The average Bonchev–Trinajstić information content (AvgIpc) is 3.54. The lowest BCUT2D eigenvalue weighted by atomic mass is 10.1. The molecule has 0 aromatic heterocycles. The Bertz CT molecular complexity index is 1100. The molecule has 2 aromatic carbocycles. The van der Waals surface area contributed by atoms with Crippen molar-refractivity contribution in [2.45, 2.75) is 48.8 Å². The highest BCUT2D eigenvalue weighted by Crippen LogP contribution is 2.43. The van der Waals surface area contributed by atoms with Gasteiger partial charge in [-0.2, -0.15) is 0 Å². The molecule has 1 aliphatic heterocycles. The lowest BCUT2D eigenvalue weighted by Crippen LogP contribution is -2.42. The van der Waals surface area contributed by atoms with E-state index in [0.717, 1.165) is 56.2 Å². The Morgan fingerprint density at radius 3 is 2.34 bits per heavy atom. The highest BCUT2D eigenvalue weighted by Gasteiger charge is 2.41. The van der Waals surface area contributed by atoms with Crippen LogP contribution in [-0.4, -0.2) is 62.7 Å². The van der Waals surface area contributed by atoms with E-state index in [4.69, 9.17) is 27.9 Å². The number of hydrogen-bond donors (Lipinski definition) is 0. The van der Waals surface area contributed by atoms with E-state index in [0.29, 0.717) is 15.8 Å². The zero-order valence-corrected chi connectivity index (χ0v) is 20.5. The van der Waals surface area contributed by atoms with Gasteiger partial charge in [0.1, 0.15) is 11.9 Å². The smallest absolute Gasteiger partial charge is 0.175 e. The van der Waals surface area contributed by atoms with Gasteiger partial charge in [0.2, 0.25) is 0 Å². The van der Waals surface area contributed by atoms with Crippen LogP contribution in [0, 0.1) is 0 Å². The summed E-state index contributed by atoms with van der Waals surface area (Å²) in [5, 5.41) is 1.29. The van der Waals surface area contributed by atoms with Gasteiger partial charge in [-0.15, -0.1) is 0 Å². The molecule has 172 valence electrons. The van der Waals surface area contributed by atoms with Crippen LogP contribution < -0.4 is 4.74 Å². The Morgan fingerprint density at radius 1 is 0.969 bits per heavy atom. The maximum atomic E-state index is 11.8. The molecule has 8 heteroatoms. The van der Waals surface area contributed by atoms with E-state index in [-0.39, 0.29) is 17.0 Å². The number of fused-ring (bicyclic) bond motifs is 1. The third-order valence-corrected chi connectivity index (χ3v) is 8.56. The minimum absolute atomic E-state index is 0.162. The van der Waals surface area contributed by atoms with E-state index in [1.165, 1.54) is 19.1 Å². The van der Waals surface area contributed by atoms with Crippen LogP contribution in [0.4, 0.5) is 0 Å². The standard InChI is InChI=1S/C24H28Cl2N2O3S/c1-32(29,30)19-7-5-18(6-8-19)31-24-21-13-16(25)14-22(26)20(21)15-23(24)28-10-2-9-27(11-12-28)17-3-4-17/h5-8,13-14,17,23-24H,2-4,9-12,15H2,1H3/t23?,24-/m0/s1. The van der Waals surface area contributed by atoms with E-state index in [2.05, 4.69) is 9.80 Å². The largest absolute Gasteiger partial charge is 0.484 e. The molecule has 1 saturated carbocycles. The quantitative estimate of drug-likeness (QED) is 0.607. The Balaban J connectivity index is 1.42. The van der Waals surface area contributed by atoms with E-state index >= 15 is 0 Å². The molecule has 0 amide bonds. The summed E-state index contributed by atoms with van der Waals surface area (Å²) in [4.78, 5) is 5.46. The summed E-state index contributed by atoms with van der Waals surface area (Å²) >= 11 is 13.0. The van der Waals surface area contributed by atoms with Crippen LogP contribution in [-0.2, 0) is 16.3 Å². The second-order valence-corrected chi connectivity index (χ2v) is 12.0. The van der Waals surface area contributed by atoms with Gasteiger partial charge in [0.15, 0.2) is 9.84 Å². The molecule has 0 bridgehead atoms. The van der Waals surface area contributed by atoms with Crippen LogP contribution in [0.1, 0.15) is 36.5 Å². The van der Waals surface area contributed by atoms with Crippen LogP contribution in [0.25, 0.3) is 0 Å². The molecule has 5 nitrogen and oxygen atoms in total. The van der Waals surface area contributed by atoms with Gasteiger partial charge in [-0.05, 0) is 80.7 Å². The monoisotopic (exact) mass is 494 g/mol. The highest BCUT2D eigenvalue weighted by atomic mass is 35.5. The lowest BCUT2D eigenvalue weighted by Gasteiger charge is -2.32. The molecule has 3 aliphatic rings. The van der Waals surface area contributed by atoms with Crippen LogP contribution in [0.15, 0.2) is 41.3 Å². The molecule has 0 spiro atoms. The third-order valence-electron chi connectivity index (χ3n) is 6.88. The van der Waals surface area contributed by atoms with E-state index in [1.54, 1.807) is 30.3 Å². The first kappa shape index (κ1) is 22.5. The number of rotatable bonds is 5. The molecule has 2 fully saturated rings. The maximum Gasteiger partial charge on any atom is 0.175 e. The second-order valence-electron chi connectivity index (χ2n) is 9.17. The van der Waals surface area contributed by atoms with Gasteiger partial charge in [-0.25, -0.2) is 8.42 Å². The van der Waals surface area contributed by atoms with Crippen molar-refractivity contribution in [3.05, 3.63) is 57.6 Å². The number of hydrogen-bond acceptors (Lipinski definition) is 5. The number of benzene rings is 2. The Kier molecular flexibility index (Phi) is 6.18. The van der Waals surface area contributed by atoms with Gasteiger partial charge in [-0.1, -0.05) is 23.2 Å². The first-order chi connectivity index (χ1) is 15.3. The van der Waals surface area contributed by atoms with Gasteiger partial charge in [-0.3, -0.25) is 9.80 Å². The Labute approximate surface area is 200 Å². The van der Waals surface area contributed by atoms with Crippen molar-refractivity contribution >= 4 is 33.0 Å². The Morgan fingerprint density at radius 2 is 1.66 bits per heavy atom. The van der Waals surface area contributed by atoms with Crippen molar-refractivity contribution in [3.63, 3.8) is 0 Å². The maximum absolute atomic E-state index is 11.8. The van der Waals surface area contributed by atoms with Crippen LogP contribution >= 0.6 is 23.2 Å². The summed E-state index contributed by atoms with van der Waals surface area (Å²) in [5.74, 6) is 0.644. The topological polar surface area (TPSA) is 49.9 Å². The lowest BCUT2D eigenvalue weighted by molar-refractivity contribution is 0.0797. The molecule has 32 heavy (non-hydrogen) atoms. The SMILES string of the molecule is CS(=O)(=O)c1ccc(O[C@H]2c3cc(Cl)cc(Cl)c3CC2N2CCCN(C3CC3)CC2)cc1. The zero-order valence-electron chi connectivity index (χ0n) is 18.1. The molecule has 5 rings (SSSR count). The number of nitrogens with zero attached hydrogens (tertiary/aromatic N) is 2. The van der Waals surface area contributed by atoms with Crippen molar-refractivity contribution in [1.82, 2.24) is 9.80 Å². The number of halogens is 2. The minimum atomic E-state index is -3.25. The molecule has 1 saturated heterocycles. The molecular formula is C24H28Cl2N2O3S. The van der Waals surface area contributed by atoms with Gasteiger partial charge in [0, 0.05) is 41.0 Å². The third kappa shape index (κ3) is 4.66. The summed E-state index contributed by atoms with van der Waals surface area (Å²) in [6.45, 7) is 4.28. The summed E-state index contributed by atoms with van der Waals surface area (Å²) in [5.41, 5.74) is 2.13. The summed E-state index contributed by atoms with van der Waals surface area (Å²) in [6.07, 6.45) is 5.63. The number of ether oxygens (including phenoxy) is 1. The fourth-order valence-electron chi connectivity index (χ4n) is 5.08. The van der Waals surface area contributed by atoms with Gasteiger partial charge < -0.3 is 4.74 Å². The van der Waals surface area contributed by atoms with E-state index < -0.39 is 9.84 Å². The molecule has 2 aromatic rings. The molecule has 0 radical (unpaired) electrons. The van der Waals surface area contributed by atoms with Crippen LogP contribution in [0.2, 0.25) is 10.0 Å². The van der Waals surface area contributed by atoms with Crippen molar-refractivity contribution < 1.29 is 13.2 Å². The summed E-state index contributed by atoms with van der Waals surface area (Å²) in [7, 11) is -3.25. The van der Waals surface area contributed by atoms with Crippen molar-refractivity contribution in [2.75, 3.05) is 32.4 Å². The zero-order chi connectivity index (χ0) is 22.5. The molecule has 2 atom stereocenters. The molecule has 1 unspecified atom stereocenters.